The van der Waals surface area contributed by atoms with Crippen LogP contribution in [0.25, 0.3) is 0 Å². The Bertz CT molecular complexity index is 148. The Kier molecular flexibility index (Phi) is 4.83. The first-order valence-electron chi connectivity index (χ1n) is 2.84. The predicted octanol–water partition coefficient (Wildman–Crippen LogP) is -0.897. The van der Waals surface area contributed by atoms with Crippen molar-refractivity contribution in [2.75, 3.05) is 20.3 Å². The first-order valence-corrected chi connectivity index (χ1v) is 4.33. The van der Waals surface area contributed by atoms with E-state index in [2.05, 4.69) is 9.05 Å². The fraction of sp³-hybridized carbons (Fsp3) is 1.00. The molecule has 6 nitrogen and oxygen atoms in total. The first-order chi connectivity index (χ1) is 5.02. The van der Waals surface area contributed by atoms with Crippen LogP contribution in [0.15, 0.2) is 0 Å². The van der Waals surface area contributed by atoms with Crippen molar-refractivity contribution in [2.24, 2.45) is 0 Å². The minimum Gasteiger partial charge on any atom is -0.394 e. The lowest BCUT2D eigenvalue weighted by atomic mass is 10.4. The summed E-state index contributed by atoms with van der Waals surface area (Å²) in [6.07, 6.45) is -1.16. The van der Waals surface area contributed by atoms with Gasteiger partial charge in [-0.05, 0) is 0 Å². The molecule has 68 valence electrons. The van der Waals surface area contributed by atoms with E-state index in [4.69, 9.17) is 15.1 Å². The molecule has 0 aromatic carbocycles. The molecule has 0 radical (unpaired) electrons. The highest BCUT2D eigenvalue weighted by molar-refractivity contribution is 7.47. The summed E-state index contributed by atoms with van der Waals surface area (Å²) in [7, 11) is -3.01. The van der Waals surface area contributed by atoms with Crippen molar-refractivity contribution in [1.29, 1.82) is 0 Å². The standard InChI is InChI=1S/C4H11O6P/c1-9-11(7,8)10-3-4(6)2-5/h4-6H,2-3H2,1H3,(H,7,8). The molecular weight excluding hydrogens is 175 g/mol. The maximum Gasteiger partial charge on any atom is 0.472 e. The van der Waals surface area contributed by atoms with Gasteiger partial charge in [-0.2, -0.15) is 0 Å². The minimum absolute atomic E-state index is 0.432. The summed E-state index contributed by atoms with van der Waals surface area (Å²) in [5.41, 5.74) is 0. The van der Waals surface area contributed by atoms with Gasteiger partial charge in [0.05, 0.1) is 13.2 Å². The van der Waals surface area contributed by atoms with Gasteiger partial charge in [-0.3, -0.25) is 9.05 Å². The molecule has 7 heteroatoms. The molecule has 0 aromatic rings. The van der Waals surface area contributed by atoms with Crippen LogP contribution in [-0.2, 0) is 13.6 Å². The smallest absolute Gasteiger partial charge is 0.394 e. The second-order valence-electron chi connectivity index (χ2n) is 1.78. The number of aliphatic hydroxyl groups is 2. The van der Waals surface area contributed by atoms with E-state index in [1.54, 1.807) is 0 Å². The largest absolute Gasteiger partial charge is 0.472 e. The second-order valence-corrected chi connectivity index (χ2v) is 3.34. The normalized spacial score (nSPS) is 19.3. The molecule has 3 N–H and O–H groups in total. The van der Waals surface area contributed by atoms with Crippen molar-refractivity contribution in [2.45, 2.75) is 6.10 Å². The van der Waals surface area contributed by atoms with Crippen LogP contribution < -0.4 is 0 Å². The molecule has 0 saturated heterocycles. The van der Waals surface area contributed by atoms with E-state index in [-0.39, 0.29) is 0 Å². The van der Waals surface area contributed by atoms with Crippen molar-refractivity contribution in [3.05, 3.63) is 0 Å². The zero-order chi connectivity index (χ0) is 8.91. The summed E-state index contributed by atoms with van der Waals surface area (Å²) in [6, 6.07) is 0. The molecule has 0 heterocycles. The fourth-order valence-electron chi connectivity index (χ4n) is 0.286. The number of hydrogen-bond donors (Lipinski definition) is 3. The molecule has 0 amide bonds. The average molecular weight is 186 g/mol. The monoisotopic (exact) mass is 186 g/mol. The summed E-state index contributed by atoms with van der Waals surface area (Å²) in [5.74, 6) is 0. The zero-order valence-corrected chi connectivity index (χ0v) is 6.90. The molecule has 0 fully saturated rings. The molecule has 2 unspecified atom stereocenters. The summed E-state index contributed by atoms with van der Waals surface area (Å²) >= 11 is 0. The molecule has 2 atom stereocenters. The van der Waals surface area contributed by atoms with E-state index in [9.17, 15) is 4.57 Å². The van der Waals surface area contributed by atoms with Gasteiger partial charge in [-0.15, -0.1) is 0 Å². The van der Waals surface area contributed by atoms with Gasteiger partial charge in [0.1, 0.15) is 6.10 Å². The van der Waals surface area contributed by atoms with E-state index in [1.807, 2.05) is 0 Å². The van der Waals surface area contributed by atoms with Crippen LogP contribution in [0, 0.1) is 0 Å². The molecule has 0 rings (SSSR count). The van der Waals surface area contributed by atoms with E-state index in [1.165, 1.54) is 0 Å². The molecule has 0 bridgehead atoms. The third-order valence-electron chi connectivity index (χ3n) is 0.872. The molecule has 0 aliphatic rings. The van der Waals surface area contributed by atoms with Crippen LogP contribution in [0.1, 0.15) is 0 Å². The highest BCUT2D eigenvalue weighted by Crippen LogP contribution is 2.41. The lowest BCUT2D eigenvalue weighted by Gasteiger charge is -2.11. The molecular formula is C4H11O6P. The average Bonchev–Trinajstić information content (AvgIpc) is 2.00. The van der Waals surface area contributed by atoms with E-state index in [0.29, 0.717) is 0 Å². The van der Waals surface area contributed by atoms with Crippen molar-refractivity contribution < 1.29 is 28.7 Å². The number of phosphoric ester groups is 1. The molecule has 0 aliphatic heterocycles. The predicted molar refractivity (Wildman–Crippen MR) is 35.9 cm³/mol. The first kappa shape index (κ1) is 11.0. The third kappa shape index (κ3) is 5.32. The van der Waals surface area contributed by atoms with Crippen molar-refractivity contribution in [3.63, 3.8) is 0 Å². The quantitative estimate of drug-likeness (QED) is 0.481. The number of hydrogen-bond acceptors (Lipinski definition) is 5. The summed E-state index contributed by atoms with van der Waals surface area (Å²) in [6.45, 7) is -0.957. The Balaban J connectivity index is 3.61. The summed E-state index contributed by atoms with van der Waals surface area (Å²) in [5, 5.41) is 16.9. The van der Waals surface area contributed by atoms with Gasteiger partial charge in [0.2, 0.25) is 0 Å². The van der Waals surface area contributed by atoms with Gasteiger partial charge in [-0.25, -0.2) is 4.57 Å². The summed E-state index contributed by atoms with van der Waals surface area (Å²) in [4.78, 5) is 8.59. The zero-order valence-electron chi connectivity index (χ0n) is 6.01. The Hall–Kier alpha value is 0.0300. The Labute approximate surface area is 64.0 Å². The van der Waals surface area contributed by atoms with Gasteiger partial charge in [-0.1, -0.05) is 0 Å². The maximum atomic E-state index is 10.5. The molecule has 0 aliphatic carbocycles. The lowest BCUT2D eigenvalue weighted by Crippen LogP contribution is -2.18. The van der Waals surface area contributed by atoms with Crippen LogP contribution in [0.5, 0.6) is 0 Å². The Morgan fingerprint density at radius 1 is 1.64 bits per heavy atom. The summed E-state index contributed by atoms with van der Waals surface area (Å²) < 4.78 is 18.8. The Morgan fingerprint density at radius 3 is 2.55 bits per heavy atom. The van der Waals surface area contributed by atoms with Gasteiger partial charge >= 0.3 is 7.82 Å². The number of phosphoric acid groups is 1. The molecule has 0 spiro atoms. The Morgan fingerprint density at radius 2 is 2.18 bits per heavy atom. The topological polar surface area (TPSA) is 96.2 Å². The van der Waals surface area contributed by atoms with Crippen LogP contribution in [-0.4, -0.2) is 41.5 Å². The third-order valence-corrected chi connectivity index (χ3v) is 1.81. The molecule has 11 heavy (non-hydrogen) atoms. The number of rotatable bonds is 5. The second kappa shape index (κ2) is 4.82. The molecule has 0 aromatic heterocycles. The van der Waals surface area contributed by atoms with Gasteiger partial charge in [0.15, 0.2) is 0 Å². The SMILES string of the molecule is COP(=O)(O)OCC(O)CO. The van der Waals surface area contributed by atoms with Gasteiger partial charge in [0, 0.05) is 7.11 Å². The highest BCUT2D eigenvalue weighted by atomic mass is 31.2. The fourth-order valence-corrected chi connectivity index (χ4v) is 0.752. The van der Waals surface area contributed by atoms with E-state index in [0.717, 1.165) is 7.11 Å². The van der Waals surface area contributed by atoms with E-state index >= 15 is 0 Å². The van der Waals surface area contributed by atoms with Crippen LogP contribution in [0.4, 0.5) is 0 Å². The highest BCUT2D eigenvalue weighted by Gasteiger charge is 2.19. The van der Waals surface area contributed by atoms with Crippen molar-refractivity contribution in [3.8, 4) is 0 Å². The van der Waals surface area contributed by atoms with Crippen LogP contribution in [0.2, 0.25) is 0 Å². The lowest BCUT2D eigenvalue weighted by molar-refractivity contribution is 0.0393. The number of aliphatic hydroxyl groups excluding tert-OH is 2. The van der Waals surface area contributed by atoms with Gasteiger partial charge in [0.25, 0.3) is 0 Å². The van der Waals surface area contributed by atoms with Gasteiger partial charge < -0.3 is 15.1 Å². The van der Waals surface area contributed by atoms with Crippen LogP contribution >= 0.6 is 7.82 Å². The molecule has 0 saturated carbocycles. The van der Waals surface area contributed by atoms with Crippen LogP contribution in [0.3, 0.4) is 0 Å². The van der Waals surface area contributed by atoms with Crippen molar-refractivity contribution >= 4 is 7.82 Å². The van der Waals surface area contributed by atoms with E-state index < -0.39 is 27.1 Å². The van der Waals surface area contributed by atoms with Crippen molar-refractivity contribution in [1.82, 2.24) is 0 Å². The maximum absolute atomic E-state index is 10.5. The minimum atomic E-state index is -4.01.